The molecule has 7 heteroatoms. The molecule has 1 heterocycles. The van der Waals surface area contributed by atoms with E-state index in [4.69, 9.17) is 23.2 Å². The molecule has 122 valence electrons. The second-order valence-corrected chi connectivity index (χ2v) is 5.57. The Morgan fingerprint density at radius 1 is 1.09 bits per heavy atom. The summed E-state index contributed by atoms with van der Waals surface area (Å²) in [6.45, 7) is 3.42. The minimum atomic E-state index is 0.571. The number of hydrogen-bond donors (Lipinski definition) is 1. The second-order valence-electron chi connectivity index (χ2n) is 4.82. The summed E-state index contributed by atoms with van der Waals surface area (Å²) >= 11 is 11.7. The fourth-order valence-electron chi connectivity index (χ4n) is 2.03. The number of halogens is 2. The molecule has 0 aliphatic carbocycles. The number of nitrogens with zero attached hydrogens (tertiary/aromatic N) is 4. The summed E-state index contributed by atoms with van der Waals surface area (Å²) in [7, 11) is 0. The van der Waals surface area contributed by atoms with Crippen molar-refractivity contribution in [1.82, 2.24) is 9.97 Å². The Morgan fingerprint density at radius 2 is 1.74 bits per heavy atom. The molecule has 0 unspecified atom stereocenters. The Bertz CT molecular complexity index is 625. The molecule has 0 atom stereocenters. The van der Waals surface area contributed by atoms with Crippen LogP contribution in [0.1, 0.15) is 11.3 Å². The highest BCUT2D eigenvalue weighted by Gasteiger charge is 2.04. The van der Waals surface area contributed by atoms with Crippen LogP contribution in [0, 0.1) is 6.92 Å². The summed E-state index contributed by atoms with van der Waals surface area (Å²) in [5, 5.41) is 4.19. The third kappa shape index (κ3) is 5.37. The van der Waals surface area contributed by atoms with Crippen molar-refractivity contribution in [3.63, 3.8) is 0 Å². The van der Waals surface area contributed by atoms with E-state index in [0.29, 0.717) is 17.6 Å². The lowest BCUT2D eigenvalue weighted by Gasteiger charge is -2.22. The zero-order chi connectivity index (χ0) is 16.5. The Labute approximate surface area is 146 Å². The maximum atomic E-state index is 5.83. The Balaban J connectivity index is 1.99. The van der Waals surface area contributed by atoms with Crippen molar-refractivity contribution in [3.8, 4) is 0 Å². The molecule has 0 saturated carbocycles. The zero-order valence-corrected chi connectivity index (χ0v) is 14.4. The highest BCUT2D eigenvalue weighted by molar-refractivity contribution is 6.18. The number of anilines is 2. The normalized spacial score (nSPS) is 10.9. The van der Waals surface area contributed by atoms with E-state index in [0.717, 1.165) is 30.0 Å². The van der Waals surface area contributed by atoms with Gasteiger partial charge in [-0.15, -0.1) is 23.2 Å². The first-order chi connectivity index (χ1) is 11.2. The molecule has 0 spiro atoms. The van der Waals surface area contributed by atoms with Crippen LogP contribution in [0.3, 0.4) is 0 Å². The maximum Gasteiger partial charge on any atom is 0.167 e. The summed E-state index contributed by atoms with van der Waals surface area (Å²) in [5.41, 5.74) is 5.78. The van der Waals surface area contributed by atoms with Gasteiger partial charge in [-0.1, -0.05) is 12.1 Å². The van der Waals surface area contributed by atoms with E-state index in [1.54, 1.807) is 18.6 Å². The van der Waals surface area contributed by atoms with E-state index >= 15 is 0 Å². The predicted octanol–water partition coefficient (Wildman–Crippen LogP) is 3.52. The van der Waals surface area contributed by atoms with Gasteiger partial charge >= 0.3 is 0 Å². The first kappa shape index (κ1) is 17.5. The van der Waals surface area contributed by atoms with Crippen LogP contribution >= 0.6 is 23.2 Å². The molecule has 0 bridgehead atoms. The largest absolute Gasteiger partial charge is 0.369 e. The quantitative estimate of drug-likeness (QED) is 0.449. The van der Waals surface area contributed by atoms with Gasteiger partial charge in [0.2, 0.25) is 0 Å². The van der Waals surface area contributed by atoms with Crippen LogP contribution in [-0.4, -0.2) is 41.0 Å². The van der Waals surface area contributed by atoms with Gasteiger partial charge in [0.15, 0.2) is 5.82 Å². The number of hydrogen-bond acceptors (Lipinski definition) is 5. The average Bonchev–Trinajstić information content (AvgIpc) is 2.57. The lowest BCUT2D eigenvalue weighted by Crippen LogP contribution is -2.27. The summed E-state index contributed by atoms with van der Waals surface area (Å²) in [4.78, 5) is 10.5. The molecule has 0 fully saturated rings. The van der Waals surface area contributed by atoms with Crippen LogP contribution in [0.2, 0.25) is 0 Å². The summed E-state index contributed by atoms with van der Waals surface area (Å²) in [6, 6.07) is 8.07. The first-order valence-electron chi connectivity index (χ1n) is 7.28. The zero-order valence-electron chi connectivity index (χ0n) is 12.9. The molecular formula is C16H19Cl2N5. The predicted molar refractivity (Wildman–Crippen MR) is 98.1 cm³/mol. The monoisotopic (exact) mass is 351 g/mol. The topological polar surface area (TPSA) is 53.4 Å². The fraction of sp³-hybridized carbons (Fsp3) is 0.312. The van der Waals surface area contributed by atoms with Crippen LogP contribution < -0.4 is 10.3 Å². The van der Waals surface area contributed by atoms with Crippen molar-refractivity contribution in [2.45, 2.75) is 6.92 Å². The third-order valence-electron chi connectivity index (χ3n) is 3.23. The molecule has 0 radical (unpaired) electrons. The molecule has 0 amide bonds. The van der Waals surface area contributed by atoms with Crippen molar-refractivity contribution in [2.75, 3.05) is 35.2 Å². The minimum Gasteiger partial charge on any atom is -0.369 e. The molecule has 0 saturated heterocycles. The molecule has 0 aliphatic heterocycles. The molecule has 2 rings (SSSR count). The molecule has 2 aromatic rings. The van der Waals surface area contributed by atoms with Crippen molar-refractivity contribution in [3.05, 3.63) is 47.9 Å². The van der Waals surface area contributed by atoms with E-state index in [2.05, 4.69) is 25.4 Å². The molecule has 1 aromatic heterocycles. The Kier molecular flexibility index (Phi) is 7.10. The lowest BCUT2D eigenvalue weighted by molar-refractivity contribution is 0.874. The van der Waals surface area contributed by atoms with Gasteiger partial charge in [-0.05, 0) is 24.6 Å². The average molecular weight is 352 g/mol. The molecule has 1 N–H and O–H groups in total. The van der Waals surface area contributed by atoms with Gasteiger partial charge in [-0.3, -0.25) is 10.4 Å². The number of rotatable bonds is 8. The van der Waals surface area contributed by atoms with Crippen molar-refractivity contribution in [1.29, 1.82) is 0 Å². The van der Waals surface area contributed by atoms with Crippen LogP contribution in [0.5, 0.6) is 0 Å². The van der Waals surface area contributed by atoms with Gasteiger partial charge < -0.3 is 4.90 Å². The lowest BCUT2D eigenvalue weighted by atomic mass is 10.2. The number of hydrazone groups is 1. The number of benzene rings is 1. The summed E-state index contributed by atoms with van der Waals surface area (Å²) in [6.07, 6.45) is 5.02. The standard InChI is InChI=1S/C16H19Cl2N5/c1-13-16(20-9-8-19-13)22-21-12-14-2-4-15(5-3-14)23(10-6-17)11-7-18/h2-5,8-9,12H,6-7,10-11H2,1H3,(H,20,22). The van der Waals surface area contributed by atoms with Crippen LogP contribution in [0.25, 0.3) is 0 Å². The Morgan fingerprint density at radius 3 is 2.35 bits per heavy atom. The van der Waals surface area contributed by atoms with Crippen molar-refractivity contribution >= 4 is 40.9 Å². The minimum absolute atomic E-state index is 0.571. The van der Waals surface area contributed by atoms with Crippen LogP contribution in [0.4, 0.5) is 11.5 Å². The number of aromatic nitrogens is 2. The SMILES string of the molecule is Cc1nccnc1NN=Cc1ccc(N(CCCl)CCCl)cc1. The van der Waals surface area contributed by atoms with E-state index in [9.17, 15) is 0 Å². The van der Waals surface area contributed by atoms with Crippen LogP contribution in [0.15, 0.2) is 41.8 Å². The van der Waals surface area contributed by atoms with Gasteiger partial charge in [-0.25, -0.2) is 4.98 Å². The van der Waals surface area contributed by atoms with Gasteiger partial charge in [0.05, 0.1) is 11.9 Å². The molecule has 0 aliphatic rings. The fourth-order valence-corrected chi connectivity index (χ4v) is 2.44. The highest BCUT2D eigenvalue weighted by Crippen LogP contribution is 2.15. The van der Waals surface area contributed by atoms with Crippen molar-refractivity contribution in [2.24, 2.45) is 5.10 Å². The van der Waals surface area contributed by atoms with Gasteiger partial charge in [-0.2, -0.15) is 5.10 Å². The molecule has 5 nitrogen and oxygen atoms in total. The first-order valence-corrected chi connectivity index (χ1v) is 8.35. The van der Waals surface area contributed by atoms with Gasteiger partial charge in [0.25, 0.3) is 0 Å². The van der Waals surface area contributed by atoms with E-state index < -0.39 is 0 Å². The second kappa shape index (κ2) is 9.33. The number of nitrogens with one attached hydrogen (secondary N) is 1. The van der Waals surface area contributed by atoms with E-state index in [-0.39, 0.29) is 0 Å². The Hall–Kier alpha value is -1.85. The van der Waals surface area contributed by atoms with Gasteiger partial charge in [0.1, 0.15) is 0 Å². The summed E-state index contributed by atoms with van der Waals surface area (Å²) in [5.74, 6) is 1.79. The maximum absolute atomic E-state index is 5.83. The van der Waals surface area contributed by atoms with E-state index in [1.165, 1.54) is 0 Å². The summed E-state index contributed by atoms with van der Waals surface area (Å²) < 4.78 is 0. The van der Waals surface area contributed by atoms with Gasteiger partial charge in [0, 0.05) is 42.9 Å². The number of aryl methyl sites for hydroxylation is 1. The van der Waals surface area contributed by atoms with E-state index in [1.807, 2.05) is 31.2 Å². The molecular weight excluding hydrogens is 333 g/mol. The van der Waals surface area contributed by atoms with Crippen LogP contribution in [-0.2, 0) is 0 Å². The highest BCUT2D eigenvalue weighted by atomic mass is 35.5. The molecule has 1 aromatic carbocycles. The third-order valence-corrected chi connectivity index (χ3v) is 3.57. The molecule has 23 heavy (non-hydrogen) atoms. The smallest absolute Gasteiger partial charge is 0.167 e. The number of alkyl halides is 2. The van der Waals surface area contributed by atoms with Crippen molar-refractivity contribution < 1.29 is 0 Å².